The lowest BCUT2D eigenvalue weighted by Gasteiger charge is -2.19. The van der Waals surface area contributed by atoms with E-state index < -0.39 is 5.97 Å². The third kappa shape index (κ3) is 9.25. The number of carboxylic acid groups (broad SMARTS) is 1. The summed E-state index contributed by atoms with van der Waals surface area (Å²) < 4.78 is 0. The molecule has 2 N–H and O–H groups in total. The monoisotopic (exact) mass is 215 g/mol. The fraction of sp³-hybridized carbons (Fsp3) is 0.818. The topological polar surface area (TPSA) is 66.4 Å². The van der Waals surface area contributed by atoms with E-state index >= 15 is 0 Å². The first-order valence-electron chi connectivity index (χ1n) is 5.22. The maximum Gasteiger partial charge on any atom is 0.303 e. The molecule has 0 fully saturated rings. The van der Waals surface area contributed by atoms with Gasteiger partial charge in [-0.15, -0.1) is 0 Å². The molecule has 0 rings (SSSR count). The van der Waals surface area contributed by atoms with E-state index in [9.17, 15) is 9.59 Å². The first-order chi connectivity index (χ1) is 6.70. The molecular weight excluding hydrogens is 194 g/mol. The number of amides is 1. The lowest BCUT2D eigenvalue weighted by atomic mass is 9.92. The summed E-state index contributed by atoms with van der Waals surface area (Å²) in [6.45, 7) is 7.81. The SMILES string of the molecule is CC(CCC(=O)O)NC(=O)CC(C)(C)C. The zero-order valence-electron chi connectivity index (χ0n) is 9.96. The Labute approximate surface area is 91.1 Å². The molecule has 1 atom stereocenters. The molecule has 0 radical (unpaired) electrons. The van der Waals surface area contributed by atoms with E-state index in [2.05, 4.69) is 5.32 Å². The maximum absolute atomic E-state index is 11.5. The van der Waals surface area contributed by atoms with Gasteiger partial charge >= 0.3 is 5.97 Å². The van der Waals surface area contributed by atoms with Crippen molar-refractivity contribution in [3.8, 4) is 0 Å². The molecule has 0 aromatic carbocycles. The maximum atomic E-state index is 11.5. The van der Waals surface area contributed by atoms with Crippen LogP contribution in [-0.4, -0.2) is 23.0 Å². The van der Waals surface area contributed by atoms with Crippen LogP contribution in [-0.2, 0) is 9.59 Å². The first kappa shape index (κ1) is 13.9. The number of hydrogen-bond donors (Lipinski definition) is 2. The van der Waals surface area contributed by atoms with Crippen molar-refractivity contribution in [3.63, 3.8) is 0 Å². The summed E-state index contributed by atoms with van der Waals surface area (Å²) in [6.07, 6.45) is 1.03. The number of carbonyl (C=O) groups excluding carboxylic acids is 1. The molecule has 0 heterocycles. The number of aliphatic carboxylic acids is 1. The number of carboxylic acids is 1. The van der Waals surface area contributed by atoms with Crippen LogP contribution in [0.15, 0.2) is 0 Å². The number of hydrogen-bond acceptors (Lipinski definition) is 2. The molecule has 1 unspecified atom stereocenters. The molecular formula is C11H21NO3. The molecule has 0 aliphatic rings. The Morgan fingerprint density at radius 3 is 2.27 bits per heavy atom. The molecule has 0 aromatic rings. The largest absolute Gasteiger partial charge is 0.481 e. The van der Waals surface area contributed by atoms with Crippen LogP contribution in [0.4, 0.5) is 0 Å². The fourth-order valence-electron chi connectivity index (χ4n) is 1.22. The second-order valence-corrected chi connectivity index (χ2v) is 5.14. The molecule has 4 nitrogen and oxygen atoms in total. The minimum absolute atomic E-state index is 0.0135. The van der Waals surface area contributed by atoms with Gasteiger partial charge in [0.2, 0.25) is 5.91 Å². The summed E-state index contributed by atoms with van der Waals surface area (Å²) >= 11 is 0. The van der Waals surface area contributed by atoms with Gasteiger partial charge in [0.15, 0.2) is 0 Å². The van der Waals surface area contributed by atoms with Crippen molar-refractivity contribution in [3.05, 3.63) is 0 Å². The highest BCUT2D eigenvalue weighted by Gasteiger charge is 2.17. The molecule has 0 saturated heterocycles. The van der Waals surface area contributed by atoms with Gasteiger partial charge in [-0.05, 0) is 18.8 Å². The molecule has 0 aliphatic heterocycles. The predicted octanol–water partition coefficient (Wildman–Crippen LogP) is 1.79. The Bertz CT molecular complexity index is 230. The van der Waals surface area contributed by atoms with Crippen LogP contribution in [0.3, 0.4) is 0 Å². The van der Waals surface area contributed by atoms with Crippen LogP contribution < -0.4 is 5.32 Å². The van der Waals surface area contributed by atoms with Gasteiger partial charge in [-0.1, -0.05) is 20.8 Å². The number of nitrogens with one attached hydrogen (secondary N) is 1. The Balaban J connectivity index is 3.81. The van der Waals surface area contributed by atoms with Crippen molar-refractivity contribution in [1.29, 1.82) is 0 Å². The van der Waals surface area contributed by atoms with Crippen LogP contribution in [0.2, 0.25) is 0 Å². The highest BCUT2D eigenvalue weighted by Crippen LogP contribution is 2.18. The van der Waals surface area contributed by atoms with Gasteiger partial charge in [0.25, 0.3) is 0 Å². The van der Waals surface area contributed by atoms with Crippen LogP contribution in [0, 0.1) is 5.41 Å². The molecule has 0 saturated carbocycles. The lowest BCUT2D eigenvalue weighted by molar-refractivity contribution is -0.137. The van der Waals surface area contributed by atoms with E-state index in [4.69, 9.17) is 5.11 Å². The molecule has 88 valence electrons. The molecule has 0 aromatic heterocycles. The Morgan fingerprint density at radius 1 is 1.33 bits per heavy atom. The van der Waals surface area contributed by atoms with E-state index in [1.807, 2.05) is 27.7 Å². The van der Waals surface area contributed by atoms with E-state index in [1.165, 1.54) is 0 Å². The quantitative estimate of drug-likeness (QED) is 0.734. The van der Waals surface area contributed by atoms with Gasteiger partial charge in [0, 0.05) is 18.9 Å². The molecule has 1 amide bonds. The van der Waals surface area contributed by atoms with Crippen molar-refractivity contribution in [2.75, 3.05) is 0 Å². The highest BCUT2D eigenvalue weighted by atomic mass is 16.4. The van der Waals surface area contributed by atoms with Crippen LogP contribution in [0.5, 0.6) is 0 Å². The van der Waals surface area contributed by atoms with Gasteiger partial charge in [0.1, 0.15) is 0 Å². The summed E-state index contributed by atoms with van der Waals surface area (Å²) in [5, 5.41) is 11.3. The normalized spacial score (nSPS) is 13.3. The van der Waals surface area contributed by atoms with Gasteiger partial charge < -0.3 is 10.4 Å². The van der Waals surface area contributed by atoms with Crippen molar-refractivity contribution in [2.45, 2.75) is 53.0 Å². The molecule has 4 heteroatoms. The third-order valence-electron chi connectivity index (χ3n) is 1.89. The Kier molecular flexibility index (Phi) is 5.33. The van der Waals surface area contributed by atoms with Gasteiger partial charge in [-0.2, -0.15) is 0 Å². The smallest absolute Gasteiger partial charge is 0.303 e. The number of carbonyl (C=O) groups is 2. The summed E-state index contributed by atoms with van der Waals surface area (Å²) in [6, 6.07) is -0.0732. The zero-order chi connectivity index (χ0) is 12.1. The average molecular weight is 215 g/mol. The van der Waals surface area contributed by atoms with E-state index in [1.54, 1.807) is 0 Å². The Hall–Kier alpha value is -1.06. The van der Waals surface area contributed by atoms with Crippen molar-refractivity contribution < 1.29 is 14.7 Å². The van der Waals surface area contributed by atoms with Gasteiger partial charge in [-0.25, -0.2) is 0 Å². The summed E-state index contributed by atoms with van der Waals surface area (Å²) in [7, 11) is 0. The van der Waals surface area contributed by atoms with Crippen molar-refractivity contribution >= 4 is 11.9 Å². The minimum Gasteiger partial charge on any atom is -0.481 e. The van der Waals surface area contributed by atoms with Crippen LogP contribution in [0.25, 0.3) is 0 Å². The molecule has 0 aliphatic carbocycles. The summed E-state index contributed by atoms with van der Waals surface area (Å²) in [5.74, 6) is -0.840. The lowest BCUT2D eigenvalue weighted by Crippen LogP contribution is -2.35. The minimum atomic E-state index is -0.827. The van der Waals surface area contributed by atoms with E-state index in [0.717, 1.165) is 0 Å². The zero-order valence-corrected chi connectivity index (χ0v) is 9.96. The van der Waals surface area contributed by atoms with Crippen LogP contribution >= 0.6 is 0 Å². The Morgan fingerprint density at radius 2 is 1.87 bits per heavy atom. The first-order valence-corrected chi connectivity index (χ1v) is 5.22. The van der Waals surface area contributed by atoms with Gasteiger partial charge in [-0.3, -0.25) is 9.59 Å². The second-order valence-electron chi connectivity index (χ2n) is 5.14. The third-order valence-corrected chi connectivity index (χ3v) is 1.89. The average Bonchev–Trinajstić information content (AvgIpc) is 1.96. The fourth-order valence-corrected chi connectivity index (χ4v) is 1.22. The standard InChI is InChI=1S/C11H21NO3/c1-8(5-6-10(14)15)12-9(13)7-11(2,3)4/h8H,5-7H2,1-4H3,(H,12,13)(H,14,15). The van der Waals surface area contributed by atoms with Crippen molar-refractivity contribution in [2.24, 2.45) is 5.41 Å². The highest BCUT2D eigenvalue weighted by molar-refractivity contribution is 5.76. The van der Waals surface area contributed by atoms with E-state index in [-0.39, 0.29) is 23.8 Å². The molecule has 0 bridgehead atoms. The van der Waals surface area contributed by atoms with E-state index in [0.29, 0.717) is 12.8 Å². The van der Waals surface area contributed by atoms with Crippen molar-refractivity contribution in [1.82, 2.24) is 5.32 Å². The molecule has 15 heavy (non-hydrogen) atoms. The van der Waals surface area contributed by atoms with Crippen LogP contribution in [0.1, 0.15) is 47.0 Å². The molecule has 0 spiro atoms. The summed E-state index contributed by atoms with van der Waals surface area (Å²) in [4.78, 5) is 21.8. The predicted molar refractivity (Wildman–Crippen MR) is 58.5 cm³/mol. The van der Waals surface area contributed by atoms with Gasteiger partial charge in [0.05, 0.1) is 0 Å². The number of rotatable bonds is 5. The summed E-state index contributed by atoms with van der Waals surface area (Å²) in [5.41, 5.74) is -0.0311. The second kappa shape index (κ2) is 5.73.